The molecule has 30 heavy (non-hydrogen) atoms. The molecule has 0 radical (unpaired) electrons. The van der Waals surface area contributed by atoms with Crippen LogP contribution in [-0.4, -0.2) is 19.6 Å². The second-order valence-electron chi connectivity index (χ2n) is 6.30. The van der Waals surface area contributed by atoms with Crippen molar-refractivity contribution in [2.75, 3.05) is 19.0 Å². The second kappa shape index (κ2) is 10.2. The summed E-state index contributed by atoms with van der Waals surface area (Å²) in [5, 5.41) is 3.91. The highest BCUT2D eigenvalue weighted by atomic mass is 35.5. The molecule has 0 aliphatic heterocycles. The van der Waals surface area contributed by atoms with Crippen LogP contribution < -0.4 is 19.5 Å². The third-order valence-electron chi connectivity index (χ3n) is 4.22. The summed E-state index contributed by atoms with van der Waals surface area (Å²) in [6.45, 7) is 2.61. The number of carbonyl (C=O) groups is 1. The van der Waals surface area contributed by atoms with Crippen molar-refractivity contribution < 1.29 is 19.0 Å². The molecule has 0 aromatic heterocycles. The normalized spacial score (nSPS) is 10.4. The quantitative estimate of drug-likeness (QED) is 0.446. The minimum absolute atomic E-state index is 0.220. The minimum atomic E-state index is -0.303. The molecule has 0 fully saturated rings. The number of halogens is 2. The molecule has 1 N–H and O–H groups in total. The van der Waals surface area contributed by atoms with Crippen LogP contribution in [0.3, 0.4) is 0 Å². The van der Waals surface area contributed by atoms with Crippen molar-refractivity contribution in [2.24, 2.45) is 0 Å². The van der Waals surface area contributed by atoms with E-state index in [2.05, 4.69) is 5.32 Å². The van der Waals surface area contributed by atoms with Crippen molar-refractivity contribution in [1.29, 1.82) is 0 Å². The monoisotopic (exact) mass is 445 g/mol. The van der Waals surface area contributed by atoms with Crippen LogP contribution in [0.4, 0.5) is 5.69 Å². The van der Waals surface area contributed by atoms with Gasteiger partial charge in [-0.25, -0.2) is 0 Å². The van der Waals surface area contributed by atoms with E-state index in [1.807, 2.05) is 19.1 Å². The summed E-state index contributed by atoms with van der Waals surface area (Å²) in [5.74, 6) is 1.49. The van der Waals surface area contributed by atoms with Gasteiger partial charge in [-0.15, -0.1) is 0 Å². The standard InChI is InChI=1S/C23H21Cl2NO4/c1-3-29-21-9-7-15(11-16(21)14-30-19-6-4-5-17(24)12-19)23(27)26-20-13-18(25)8-10-22(20)28-2/h4-13H,3,14H2,1-2H3,(H,26,27). The fourth-order valence-electron chi connectivity index (χ4n) is 2.82. The zero-order chi connectivity index (χ0) is 21.5. The van der Waals surface area contributed by atoms with Gasteiger partial charge >= 0.3 is 0 Å². The Labute approximate surface area is 185 Å². The Morgan fingerprint density at radius 2 is 1.70 bits per heavy atom. The lowest BCUT2D eigenvalue weighted by molar-refractivity contribution is 0.102. The Hall–Kier alpha value is -2.89. The van der Waals surface area contributed by atoms with Crippen LogP contribution >= 0.6 is 23.2 Å². The average Bonchev–Trinajstić information content (AvgIpc) is 2.73. The van der Waals surface area contributed by atoms with E-state index in [1.165, 1.54) is 7.11 Å². The molecule has 0 saturated carbocycles. The van der Waals surface area contributed by atoms with Crippen LogP contribution in [0.5, 0.6) is 17.2 Å². The predicted octanol–water partition coefficient (Wildman–Crippen LogP) is 6.23. The number of amides is 1. The van der Waals surface area contributed by atoms with E-state index in [0.29, 0.717) is 45.2 Å². The van der Waals surface area contributed by atoms with E-state index in [4.69, 9.17) is 37.4 Å². The summed E-state index contributed by atoms with van der Waals surface area (Å²) in [4.78, 5) is 12.8. The van der Waals surface area contributed by atoms with Gasteiger partial charge in [0.25, 0.3) is 5.91 Å². The van der Waals surface area contributed by atoms with E-state index >= 15 is 0 Å². The fraction of sp³-hybridized carbons (Fsp3) is 0.174. The Morgan fingerprint density at radius 3 is 2.43 bits per heavy atom. The first-order chi connectivity index (χ1) is 14.5. The van der Waals surface area contributed by atoms with Crippen LogP contribution in [-0.2, 0) is 6.61 Å². The van der Waals surface area contributed by atoms with Gasteiger partial charge in [0, 0.05) is 21.2 Å². The van der Waals surface area contributed by atoms with Gasteiger partial charge in [0.2, 0.25) is 0 Å². The van der Waals surface area contributed by atoms with Crippen molar-refractivity contribution in [2.45, 2.75) is 13.5 Å². The van der Waals surface area contributed by atoms with Gasteiger partial charge in [-0.3, -0.25) is 4.79 Å². The summed E-state index contributed by atoms with van der Waals surface area (Å²) in [7, 11) is 1.53. The largest absolute Gasteiger partial charge is 0.495 e. The first-order valence-corrected chi connectivity index (χ1v) is 10.0. The second-order valence-corrected chi connectivity index (χ2v) is 7.17. The van der Waals surface area contributed by atoms with Gasteiger partial charge in [-0.2, -0.15) is 0 Å². The molecular formula is C23H21Cl2NO4. The Kier molecular flexibility index (Phi) is 7.44. The zero-order valence-electron chi connectivity index (χ0n) is 16.6. The number of nitrogens with one attached hydrogen (secondary N) is 1. The molecule has 3 rings (SSSR count). The summed E-state index contributed by atoms with van der Waals surface area (Å²) < 4.78 is 16.8. The maximum atomic E-state index is 12.8. The number of hydrogen-bond donors (Lipinski definition) is 1. The van der Waals surface area contributed by atoms with Crippen LogP contribution in [0.25, 0.3) is 0 Å². The van der Waals surface area contributed by atoms with E-state index < -0.39 is 0 Å². The highest BCUT2D eigenvalue weighted by Gasteiger charge is 2.14. The number of rotatable bonds is 8. The summed E-state index contributed by atoms with van der Waals surface area (Å²) >= 11 is 12.1. The summed E-state index contributed by atoms with van der Waals surface area (Å²) in [6.07, 6.45) is 0. The lowest BCUT2D eigenvalue weighted by atomic mass is 10.1. The van der Waals surface area contributed by atoms with Crippen molar-refractivity contribution in [3.8, 4) is 17.2 Å². The van der Waals surface area contributed by atoms with Crippen molar-refractivity contribution in [3.63, 3.8) is 0 Å². The SMILES string of the molecule is CCOc1ccc(C(=O)Nc2cc(Cl)ccc2OC)cc1COc1cccc(Cl)c1. The van der Waals surface area contributed by atoms with Gasteiger partial charge in [-0.05, 0) is 61.5 Å². The molecule has 0 saturated heterocycles. The molecule has 0 aliphatic rings. The summed E-state index contributed by atoms with van der Waals surface area (Å²) in [6, 6.07) is 17.3. The molecule has 0 atom stereocenters. The number of anilines is 1. The molecule has 0 spiro atoms. The number of benzene rings is 3. The molecule has 1 amide bonds. The Morgan fingerprint density at radius 1 is 0.933 bits per heavy atom. The molecule has 0 bridgehead atoms. The van der Waals surface area contributed by atoms with E-state index in [0.717, 1.165) is 5.56 Å². The first kappa shape index (κ1) is 21.8. The van der Waals surface area contributed by atoms with Crippen LogP contribution in [0, 0.1) is 0 Å². The molecule has 156 valence electrons. The third kappa shape index (κ3) is 5.59. The molecule has 0 unspecified atom stereocenters. The number of hydrogen-bond acceptors (Lipinski definition) is 4. The molecule has 3 aromatic rings. The molecule has 0 heterocycles. The summed E-state index contributed by atoms with van der Waals surface area (Å²) in [5.41, 5.74) is 1.67. The number of carbonyl (C=O) groups excluding carboxylic acids is 1. The maximum Gasteiger partial charge on any atom is 0.255 e. The highest BCUT2D eigenvalue weighted by Crippen LogP contribution is 2.29. The van der Waals surface area contributed by atoms with Crippen molar-refractivity contribution in [3.05, 3.63) is 81.8 Å². The zero-order valence-corrected chi connectivity index (χ0v) is 18.1. The molecule has 3 aromatic carbocycles. The minimum Gasteiger partial charge on any atom is -0.495 e. The lowest BCUT2D eigenvalue weighted by Crippen LogP contribution is -2.13. The molecule has 7 heteroatoms. The van der Waals surface area contributed by atoms with Gasteiger partial charge in [0.15, 0.2) is 0 Å². The van der Waals surface area contributed by atoms with E-state index in [9.17, 15) is 4.79 Å². The van der Waals surface area contributed by atoms with Gasteiger partial charge < -0.3 is 19.5 Å². The van der Waals surface area contributed by atoms with Crippen LogP contribution in [0.2, 0.25) is 10.0 Å². The number of methoxy groups -OCH3 is 1. The Balaban J connectivity index is 1.82. The number of ether oxygens (including phenoxy) is 3. The van der Waals surface area contributed by atoms with Crippen LogP contribution in [0.1, 0.15) is 22.8 Å². The van der Waals surface area contributed by atoms with Crippen molar-refractivity contribution in [1.82, 2.24) is 0 Å². The predicted molar refractivity (Wildman–Crippen MR) is 119 cm³/mol. The van der Waals surface area contributed by atoms with Crippen molar-refractivity contribution >= 4 is 34.8 Å². The third-order valence-corrected chi connectivity index (χ3v) is 4.69. The Bertz CT molecular complexity index is 1040. The average molecular weight is 446 g/mol. The van der Waals surface area contributed by atoms with Gasteiger partial charge in [-0.1, -0.05) is 29.3 Å². The van der Waals surface area contributed by atoms with E-state index in [-0.39, 0.29) is 12.5 Å². The lowest BCUT2D eigenvalue weighted by Gasteiger charge is -2.14. The first-order valence-electron chi connectivity index (χ1n) is 9.29. The van der Waals surface area contributed by atoms with E-state index in [1.54, 1.807) is 48.5 Å². The molecule has 5 nitrogen and oxygen atoms in total. The fourth-order valence-corrected chi connectivity index (χ4v) is 3.17. The molecule has 0 aliphatic carbocycles. The maximum absolute atomic E-state index is 12.8. The van der Waals surface area contributed by atoms with Crippen LogP contribution in [0.15, 0.2) is 60.7 Å². The highest BCUT2D eigenvalue weighted by molar-refractivity contribution is 6.31. The van der Waals surface area contributed by atoms with Gasteiger partial charge in [0.05, 0.1) is 19.4 Å². The topological polar surface area (TPSA) is 56.8 Å². The van der Waals surface area contributed by atoms with Gasteiger partial charge in [0.1, 0.15) is 23.9 Å². The molecular weight excluding hydrogens is 425 g/mol. The smallest absolute Gasteiger partial charge is 0.255 e.